The molecular weight excluding hydrogens is 412 g/mol. The number of aromatic nitrogens is 2. The van der Waals surface area contributed by atoms with Crippen LogP contribution in [-0.2, 0) is 4.79 Å². The predicted molar refractivity (Wildman–Crippen MR) is 120 cm³/mol. The Morgan fingerprint density at radius 1 is 1.03 bits per heavy atom. The molecule has 2 aromatic rings. The highest BCUT2D eigenvalue weighted by atomic mass is 16.4. The largest absolute Gasteiger partial charge is 0.480 e. The molecule has 0 aromatic carbocycles. The number of nitrogens with zero attached hydrogens (tertiary/aromatic N) is 4. The number of rotatable bonds is 7. The number of pyridine rings is 2. The van der Waals surface area contributed by atoms with Crippen molar-refractivity contribution in [2.75, 3.05) is 36.4 Å². The molecule has 2 amide bonds. The number of amides is 2. The Labute approximate surface area is 186 Å². The Kier molecular flexibility index (Phi) is 7.24. The number of hydrogen-bond acceptors (Lipinski definition) is 7. The van der Waals surface area contributed by atoms with Gasteiger partial charge in [-0.25, -0.2) is 4.98 Å². The lowest BCUT2D eigenvalue weighted by Gasteiger charge is -2.36. The van der Waals surface area contributed by atoms with Gasteiger partial charge in [-0.15, -0.1) is 0 Å². The normalized spacial score (nSPS) is 14.8. The maximum absolute atomic E-state index is 12.8. The molecular formula is C22H28N6O4. The quantitative estimate of drug-likeness (QED) is 0.590. The molecule has 1 aliphatic rings. The van der Waals surface area contributed by atoms with Crippen LogP contribution in [0, 0.1) is 0 Å². The first kappa shape index (κ1) is 23.0. The van der Waals surface area contributed by atoms with Crippen molar-refractivity contribution in [1.29, 1.82) is 0 Å². The zero-order valence-electron chi connectivity index (χ0n) is 18.4. The van der Waals surface area contributed by atoms with Crippen LogP contribution in [0.3, 0.4) is 0 Å². The molecule has 3 N–H and O–H groups in total. The molecule has 3 rings (SSSR count). The van der Waals surface area contributed by atoms with Crippen LogP contribution >= 0.6 is 0 Å². The van der Waals surface area contributed by atoms with Gasteiger partial charge in [0.2, 0.25) is 0 Å². The van der Waals surface area contributed by atoms with Gasteiger partial charge in [0.1, 0.15) is 11.7 Å². The second-order valence-corrected chi connectivity index (χ2v) is 7.92. The third-order valence-electron chi connectivity index (χ3n) is 5.06. The van der Waals surface area contributed by atoms with Crippen molar-refractivity contribution in [3.63, 3.8) is 0 Å². The summed E-state index contributed by atoms with van der Waals surface area (Å²) >= 11 is 0. The molecule has 170 valence electrons. The lowest BCUT2D eigenvalue weighted by atomic mass is 10.2. The van der Waals surface area contributed by atoms with Crippen LogP contribution in [0.15, 0.2) is 36.7 Å². The van der Waals surface area contributed by atoms with E-state index in [1.54, 1.807) is 11.1 Å². The van der Waals surface area contributed by atoms with Gasteiger partial charge in [0.25, 0.3) is 11.8 Å². The predicted octanol–water partition coefficient (Wildman–Crippen LogP) is 1.46. The van der Waals surface area contributed by atoms with Crippen LogP contribution in [-0.4, -0.2) is 76.0 Å². The van der Waals surface area contributed by atoms with Crippen molar-refractivity contribution in [3.8, 4) is 0 Å². The number of piperazine rings is 1. The molecule has 3 heterocycles. The highest BCUT2D eigenvalue weighted by Gasteiger charge is 2.25. The second kappa shape index (κ2) is 10.1. The average molecular weight is 441 g/mol. The minimum Gasteiger partial charge on any atom is -0.480 e. The third kappa shape index (κ3) is 5.51. The average Bonchev–Trinajstić information content (AvgIpc) is 2.78. The summed E-state index contributed by atoms with van der Waals surface area (Å²) in [7, 11) is 0. The number of hydrogen-bond donors (Lipinski definition) is 3. The maximum atomic E-state index is 12.8. The van der Waals surface area contributed by atoms with Crippen molar-refractivity contribution in [2.45, 2.75) is 32.9 Å². The molecule has 1 saturated heterocycles. The summed E-state index contributed by atoms with van der Waals surface area (Å²) in [5.74, 6) is -1.02. The van der Waals surface area contributed by atoms with Gasteiger partial charge in [-0.05, 0) is 45.0 Å². The zero-order valence-corrected chi connectivity index (χ0v) is 18.4. The summed E-state index contributed by atoms with van der Waals surface area (Å²) in [5.41, 5.74) is 1.40. The van der Waals surface area contributed by atoms with E-state index in [-0.39, 0.29) is 23.2 Å². The summed E-state index contributed by atoms with van der Waals surface area (Å²) in [6.07, 6.45) is 3.04. The number of carboxylic acids is 1. The monoisotopic (exact) mass is 440 g/mol. The lowest BCUT2D eigenvalue weighted by Crippen LogP contribution is -2.49. The summed E-state index contributed by atoms with van der Waals surface area (Å²) in [6, 6.07) is 6.11. The van der Waals surface area contributed by atoms with Crippen LogP contribution in [0.5, 0.6) is 0 Å². The number of carboxylic acid groups (broad SMARTS) is 1. The van der Waals surface area contributed by atoms with E-state index in [0.717, 1.165) is 11.5 Å². The van der Waals surface area contributed by atoms with Gasteiger partial charge in [0, 0.05) is 44.6 Å². The minimum atomic E-state index is -1.13. The highest BCUT2D eigenvalue weighted by molar-refractivity contribution is 5.97. The summed E-state index contributed by atoms with van der Waals surface area (Å²) < 4.78 is 0. The number of carbonyl (C=O) groups excluding carboxylic acids is 2. The Hall–Kier alpha value is -3.69. The van der Waals surface area contributed by atoms with E-state index in [1.807, 2.05) is 12.1 Å². The van der Waals surface area contributed by atoms with Crippen LogP contribution in [0.2, 0.25) is 0 Å². The van der Waals surface area contributed by atoms with Gasteiger partial charge in [-0.3, -0.25) is 19.4 Å². The topological polar surface area (TPSA) is 128 Å². The molecule has 0 saturated carbocycles. The molecule has 0 spiro atoms. The number of carbonyl (C=O) groups is 3. The van der Waals surface area contributed by atoms with Crippen molar-refractivity contribution in [3.05, 3.63) is 47.9 Å². The number of anilines is 2. The number of aliphatic carboxylic acids is 1. The fourth-order valence-corrected chi connectivity index (χ4v) is 3.35. The molecule has 10 heteroatoms. The molecule has 10 nitrogen and oxygen atoms in total. The Morgan fingerprint density at radius 2 is 1.75 bits per heavy atom. The lowest BCUT2D eigenvalue weighted by molar-refractivity contribution is -0.138. The molecule has 2 aromatic heterocycles. The van der Waals surface area contributed by atoms with E-state index < -0.39 is 17.9 Å². The fraction of sp³-hybridized carbons (Fsp3) is 0.409. The highest BCUT2D eigenvalue weighted by Crippen LogP contribution is 2.24. The smallest absolute Gasteiger partial charge is 0.325 e. The SMILES string of the molecule is CC(C)Nc1cccnc1N1CCN(C(=O)c2ccc(C(=O)N[C@@H](C)C(=O)O)cn2)CC1. The van der Waals surface area contributed by atoms with E-state index >= 15 is 0 Å². The summed E-state index contributed by atoms with van der Waals surface area (Å²) in [5, 5.41) is 14.6. The van der Waals surface area contributed by atoms with Crippen molar-refractivity contribution in [2.24, 2.45) is 0 Å². The Bertz CT molecular complexity index is 971. The van der Waals surface area contributed by atoms with Gasteiger partial charge in [-0.2, -0.15) is 0 Å². The molecule has 0 aliphatic carbocycles. The van der Waals surface area contributed by atoms with Crippen LogP contribution in [0.1, 0.15) is 41.6 Å². The molecule has 0 radical (unpaired) electrons. The second-order valence-electron chi connectivity index (χ2n) is 7.92. The van der Waals surface area contributed by atoms with Crippen molar-refractivity contribution in [1.82, 2.24) is 20.2 Å². The molecule has 1 fully saturated rings. The minimum absolute atomic E-state index is 0.194. The summed E-state index contributed by atoms with van der Waals surface area (Å²) in [4.78, 5) is 48.3. The molecule has 0 bridgehead atoms. The molecule has 0 unspecified atom stereocenters. The van der Waals surface area contributed by atoms with Crippen molar-refractivity contribution >= 4 is 29.3 Å². The molecule has 32 heavy (non-hydrogen) atoms. The zero-order chi connectivity index (χ0) is 23.3. The third-order valence-corrected chi connectivity index (χ3v) is 5.06. The standard InChI is InChI=1S/C22H28N6O4/c1-14(2)25-17-5-4-8-23-19(17)27-9-11-28(12-10-27)21(30)18-7-6-16(13-24-18)20(29)26-15(3)22(31)32/h4-8,13-15,25H,9-12H2,1-3H3,(H,26,29)(H,31,32)/t15-/m0/s1. The van der Waals surface area contributed by atoms with Gasteiger partial charge in [0.05, 0.1) is 11.3 Å². The van der Waals surface area contributed by atoms with Gasteiger partial charge >= 0.3 is 5.97 Å². The Morgan fingerprint density at radius 3 is 2.34 bits per heavy atom. The Balaban J connectivity index is 1.60. The molecule has 1 atom stereocenters. The van der Waals surface area contributed by atoms with Gasteiger partial charge in [0.15, 0.2) is 5.82 Å². The summed E-state index contributed by atoms with van der Waals surface area (Å²) in [6.45, 7) is 7.85. The van der Waals surface area contributed by atoms with E-state index in [2.05, 4.69) is 39.3 Å². The van der Waals surface area contributed by atoms with E-state index in [1.165, 1.54) is 25.3 Å². The van der Waals surface area contributed by atoms with E-state index in [4.69, 9.17) is 5.11 Å². The van der Waals surface area contributed by atoms with Crippen LogP contribution < -0.4 is 15.5 Å². The fourth-order valence-electron chi connectivity index (χ4n) is 3.35. The van der Waals surface area contributed by atoms with E-state index in [9.17, 15) is 14.4 Å². The van der Waals surface area contributed by atoms with E-state index in [0.29, 0.717) is 26.2 Å². The van der Waals surface area contributed by atoms with Crippen LogP contribution in [0.25, 0.3) is 0 Å². The first-order valence-corrected chi connectivity index (χ1v) is 10.5. The van der Waals surface area contributed by atoms with Gasteiger partial charge < -0.3 is 25.5 Å². The maximum Gasteiger partial charge on any atom is 0.325 e. The number of nitrogens with one attached hydrogen (secondary N) is 2. The first-order valence-electron chi connectivity index (χ1n) is 10.5. The van der Waals surface area contributed by atoms with Crippen molar-refractivity contribution < 1.29 is 19.5 Å². The molecule has 1 aliphatic heterocycles. The van der Waals surface area contributed by atoms with Crippen LogP contribution in [0.4, 0.5) is 11.5 Å². The van der Waals surface area contributed by atoms with Gasteiger partial charge in [-0.1, -0.05) is 0 Å². The first-order chi connectivity index (χ1) is 15.3.